The van der Waals surface area contributed by atoms with Crippen molar-refractivity contribution in [2.24, 2.45) is 0 Å². The molecule has 0 radical (unpaired) electrons. The van der Waals surface area contributed by atoms with Crippen LogP contribution in [0.3, 0.4) is 0 Å². The molecule has 0 aliphatic carbocycles. The van der Waals surface area contributed by atoms with E-state index in [1.165, 1.54) is 6.07 Å². The Bertz CT molecular complexity index is 429. The molecule has 82 valence electrons. The van der Waals surface area contributed by atoms with E-state index in [2.05, 4.69) is 16.2 Å². The van der Waals surface area contributed by atoms with Crippen molar-refractivity contribution < 1.29 is 0 Å². The average Bonchev–Trinajstić information content (AvgIpc) is 2.28. The fraction of sp³-hybridized carbons (Fsp3) is 0.333. The van der Waals surface area contributed by atoms with Crippen molar-refractivity contribution in [2.45, 2.75) is 19.3 Å². The molecule has 0 spiro atoms. The maximum Gasteiger partial charge on any atom is 0.132 e. The highest BCUT2D eigenvalue weighted by Crippen LogP contribution is 2.13. The third-order valence-electron chi connectivity index (χ3n) is 1.98. The van der Waals surface area contributed by atoms with E-state index in [1.807, 2.05) is 6.07 Å². The van der Waals surface area contributed by atoms with Gasteiger partial charge in [-0.2, -0.15) is 5.26 Å². The van der Waals surface area contributed by atoms with Crippen LogP contribution in [0.2, 0.25) is 5.15 Å². The SMILES string of the molecule is C#CCCCCNc1cc(C#N)cc(Cl)n1. The Balaban J connectivity index is 2.45. The summed E-state index contributed by atoms with van der Waals surface area (Å²) in [6.07, 6.45) is 7.88. The van der Waals surface area contributed by atoms with Gasteiger partial charge < -0.3 is 5.32 Å². The minimum Gasteiger partial charge on any atom is -0.370 e. The Kier molecular flexibility index (Phi) is 5.19. The summed E-state index contributed by atoms with van der Waals surface area (Å²) in [5.41, 5.74) is 0.506. The Morgan fingerprint density at radius 1 is 1.44 bits per heavy atom. The van der Waals surface area contributed by atoms with Crippen LogP contribution in [0.1, 0.15) is 24.8 Å². The van der Waals surface area contributed by atoms with Crippen molar-refractivity contribution >= 4 is 17.4 Å². The van der Waals surface area contributed by atoms with Crippen molar-refractivity contribution in [3.63, 3.8) is 0 Å². The van der Waals surface area contributed by atoms with Gasteiger partial charge in [-0.1, -0.05) is 11.6 Å². The molecule has 0 bridgehead atoms. The van der Waals surface area contributed by atoms with Crippen molar-refractivity contribution in [3.05, 3.63) is 22.8 Å². The van der Waals surface area contributed by atoms with Gasteiger partial charge in [-0.15, -0.1) is 12.3 Å². The minimum atomic E-state index is 0.324. The van der Waals surface area contributed by atoms with Gasteiger partial charge in [0.2, 0.25) is 0 Å². The number of aromatic nitrogens is 1. The molecule has 1 heterocycles. The summed E-state index contributed by atoms with van der Waals surface area (Å²) in [6, 6.07) is 5.23. The number of hydrogen-bond donors (Lipinski definition) is 1. The number of halogens is 1. The molecule has 0 amide bonds. The van der Waals surface area contributed by atoms with Gasteiger partial charge in [-0.25, -0.2) is 4.98 Å². The number of anilines is 1. The molecular weight excluding hydrogens is 222 g/mol. The van der Waals surface area contributed by atoms with Crippen LogP contribution in [0.15, 0.2) is 12.1 Å². The van der Waals surface area contributed by atoms with Crippen LogP contribution >= 0.6 is 11.6 Å². The molecule has 0 aromatic carbocycles. The molecule has 0 atom stereocenters. The van der Waals surface area contributed by atoms with Gasteiger partial charge in [0.05, 0.1) is 11.6 Å². The van der Waals surface area contributed by atoms with Crippen LogP contribution in [-0.4, -0.2) is 11.5 Å². The second-order valence-corrected chi connectivity index (χ2v) is 3.65. The number of pyridine rings is 1. The first kappa shape index (κ1) is 12.4. The molecule has 0 unspecified atom stereocenters. The lowest BCUT2D eigenvalue weighted by Crippen LogP contribution is -2.03. The maximum atomic E-state index is 8.74. The molecular formula is C12H12ClN3. The number of nitrogens with one attached hydrogen (secondary N) is 1. The lowest BCUT2D eigenvalue weighted by molar-refractivity contribution is 0.787. The maximum absolute atomic E-state index is 8.74. The number of nitriles is 1. The molecule has 1 aromatic heterocycles. The van der Waals surface area contributed by atoms with E-state index in [-0.39, 0.29) is 0 Å². The summed E-state index contributed by atoms with van der Waals surface area (Å²) in [5, 5.41) is 12.2. The zero-order chi connectivity index (χ0) is 11.8. The molecule has 3 nitrogen and oxygen atoms in total. The van der Waals surface area contributed by atoms with Crippen molar-refractivity contribution in [1.29, 1.82) is 5.26 Å². The summed E-state index contributed by atoms with van der Waals surface area (Å²) < 4.78 is 0. The third-order valence-corrected chi connectivity index (χ3v) is 2.17. The summed E-state index contributed by atoms with van der Waals surface area (Å²) in [5.74, 6) is 3.22. The Morgan fingerprint density at radius 2 is 2.25 bits per heavy atom. The van der Waals surface area contributed by atoms with E-state index in [4.69, 9.17) is 23.3 Å². The van der Waals surface area contributed by atoms with Crippen LogP contribution in [0.4, 0.5) is 5.82 Å². The first-order valence-corrected chi connectivity index (χ1v) is 5.39. The van der Waals surface area contributed by atoms with Crippen molar-refractivity contribution in [2.75, 3.05) is 11.9 Å². The molecule has 16 heavy (non-hydrogen) atoms. The molecule has 0 aliphatic rings. The Hall–Kier alpha value is -1.71. The van der Waals surface area contributed by atoms with E-state index in [0.29, 0.717) is 16.5 Å². The smallest absolute Gasteiger partial charge is 0.132 e. The zero-order valence-electron chi connectivity index (χ0n) is 8.83. The Labute approximate surface area is 100 Å². The van der Waals surface area contributed by atoms with E-state index < -0.39 is 0 Å². The predicted octanol–water partition coefficient (Wildman–Crippen LogP) is 2.82. The number of terminal acetylenes is 1. The van der Waals surface area contributed by atoms with Gasteiger partial charge in [0.25, 0.3) is 0 Å². The van der Waals surface area contributed by atoms with Crippen LogP contribution in [0.5, 0.6) is 0 Å². The molecule has 0 saturated heterocycles. The highest BCUT2D eigenvalue weighted by Gasteiger charge is 1.99. The third kappa shape index (κ3) is 4.21. The average molecular weight is 234 g/mol. The monoisotopic (exact) mass is 233 g/mol. The van der Waals surface area contributed by atoms with Crippen LogP contribution in [0.25, 0.3) is 0 Å². The number of rotatable bonds is 5. The van der Waals surface area contributed by atoms with Crippen LogP contribution in [-0.2, 0) is 0 Å². The van der Waals surface area contributed by atoms with Gasteiger partial charge in [0.1, 0.15) is 11.0 Å². The van der Waals surface area contributed by atoms with Gasteiger partial charge in [-0.05, 0) is 25.0 Å². The number of unbranched alkanes of at least 4 members (excludes halogenated alkanes) is 2. The lowest BCUT2D eigenvalue weighted by atomic mass is 10.2. The van der Waals surface area contributed by atoms with Gasteiger partial charge in [-0.3, -0.25) is 0 Å². The lowest BCUT2D eigenvalue weighted by Gasteiger charge is -2.05. The standard InChI is InChI=1S/C12H12ClN3/c1-2-3-4-5-6-15-12-8-10(9-14)7-11(13)16-12/h1,7-8H,3-6H2,(H,15,16). The second kappa shape index (κ2) is 6.71. The highest BCUT2D eigenvalue weighted by molar-refractivity contribution is 6.29. The molecule has 0 aliphatic heterocycles. The first-order chi connectivity index (χ1) is 7.76. The minimum absolute atomic E-state index is 0.324. The normalized spacial score (nSPS) is 9.19. The zero-order valence-corrected chi connectivity index (χ0v) is 9.59. The number of nitrogens with zero attached hydrogens (tertiary/aromatic N) is 2. The first-order valence-electron chi connectivity index (χ1n) is 5.01. The molecule has 4 heteroatoms. The highest BCUT2D eigenvalue weighted by atomic mass is 35.5. The van der Waals surface area contributed by atoms with Crippen LogP contribution in [0, 0.1) is 23.7 Å². The fourth-order valence-corrected chi connectivity index (χ4v) is 1.43. The largest absolute Gasteiger partial charge is 0.370 e. The fourth-order valence-electron chi connectivity index (χ4n) is 1.22. The quantitative estimate of drug-likeness (QED) is 0.483. The van der Waals surface area contributed by atoms with E-state index >= 15 is 0 Å². The van der Waals surface area contributed by atoms with E-state index in [9.17, 15) is 0 Å². The van der Waals surface area contributed by atoms with E-state index in [1.54, 1.807) is 6.07 Å². The van der Waals surface area contributed by atoms with Gasteiger partial charge in [0.15, 0.2) is 0 Å². The number of hydrogen-bond acceptors (Lipinski definition) is 3. The Morgan fingerprint density at radius 3 is 2.94 bits per heavy atom. The molecule has 0 saturated carbocycles. The van der Waals surface area contributed by atoms with Gasteiger partial charge >= 0.3 is 0 Å². The second-order valence-electron chi connectivity index (χ2n) is 3.26. The summed E-state index contributed by atoms with van der Waals surface area (Å²) >= 11 is 5.76. The molecule has 1 aromatic rings. The summed E-state index contributed by atoms with van der Waals surface area (Å²) in [4.78, 5) is 4.06. The summed E-state index contributed by atoms with van der Waals surface area (Å²) in [6.45, 7) is 0.778. The predicted molar refractivity (Wildman–Crippen MR) is 65.1 cm³/mol. The van der Waals surface area contributed by atoms with Gasteiger partial charge in [0, 0.05) is 13.0 Å². The molecule has 1 N–H and O–H groups in total. The topological polar surface area (TPSA) is 48.7 Å². The molecule has 0 fully saturated rings. The van der Waals surface area contributed by atoms with E-state index in [0.717, 1.165) is 25.8 Å². The molecule has 1 rings (SSSR count). The van der Waals surface area contributed by atoms with Crippen LogP contribution < -0.4 is 5.32 Å². The summed E-state index contributed by atoms with van der Waals surface area (Å²) in [7, 11) is 0. The van der Waals surface area contributed by atoms with Crippen molar-refractivity contribution in [3.8, 4) is 18.4 Å². The van der Waals surface area contributed by atoms with Crippen molar-refractivity contribution in [1.82, 2.24) is 4.98 Å².